The summed E-state index contributed by atoms with van der Waals surface area (Å²) in [6.07, 6.45) is 17.6. The van der Waals surface area contributed by atoms with Crippen molar-refractivity contribution >= 4 is 11.6 Å². The minimum atomic E-state index is 0.197. The maximum Gasteiger partial charge on any atom is 0.246 e. The Hall–Kier alpha value is -1.84. The smallest absolute Gasteiger partial charge is 0.246 e. The molecule has 2 saturated carbocycles. The number of likely N-dealkylation sites (N-methyl/N-ethyl adjacent to an activating group) is 1. The second-order valence-electron chi connectivity index (χ2n) is 9.76. The third kappa shape index (κ3) is 2.34. The molecule has 0 spiro atoms. The van der Waals surface area contributed by atoms with Gasteiger partial charge in [0.15, 0.2) is 0 Å². The van der Waals surface area contributed by atoms with E-state index in [1.54, 1.807) is 0 Å². The van der Waals surface area contributed by atoms with Crippen molar-refractivity contribution < 1.29 is 4.79 Å². The number of fused-ring (bicyclic) bond motifs is 5. The fourth-order valence-corrected chi connectivity index (χ4v) is 7.03. The normalized spacial score (nSPS) is 41.2. The molecule has 4 aliphatic rings. The summed E-state index contributed by atoms with van der Waals surface area (Å²) in [6, 6.07) is 0. The van der Waals surface area contributed by atoms with E-state index in [1.807, 2.05) is 30.5 Å². The van der Waals surface area contributed by atoms with Crippen LogP contribution >= 0.6 is 0 Å². The molecule has 0 radical (unpaired) electrons. The first kappa shape index (κ1) is 17.3. The fourth-order valence-electron chi connectivity index (χ4n) is 7.03. The average molecular weight is 366 g/mol. The van der Waals surface area contributed by atoms with Gasteiger partial charge in [0.05, 0.1) is 6.33 Å². The highest BCUT2D eigenvalue weighted by atomic mass is 16.2. The van der Waals surface area contributed by atoms with Gasteiger partial charge < -0.3 is 9.47 Å². The lowest BCUT2D eigenvalue weighted by Gasteiger charge is -2.56. The van der Waals surface area contributed by atoms with Crippen LogP contribution in [0.4, 0.5) is 0 Å². The van der Waals surface area contributed by atoms with Gasteiger partial charge in [-0.3, -0.25) is 4.79 Å². The van der Waals surface area contributed by atoms with Crippen LogP contribution in [0.1, 0.15) is 52.4 Å². The van der Waals surface area contributed by atoms with E-state index >= 15 is 0 Å². The summed E-state index contributed by atoms with van der Waals surface area (Å²) < 4.78 is 2.25. The van der Waals surface area contributed by atoms with Crippen LogP contribution in [0.5, 0.6) is 0 Å². The van der Waals surface area contributed by atoms with Crippen molar-refractivity contribution in [3.05, 3.63) is 36.4 Å². The second kappa shape index (κ2) is 5.83. The SMILES string of the molecule is CN1CCC2(C)C(=CC1=O)CCC1C2CCC2(C)C(n3ccnc3)=CCC12. The molecule has 1 aliphatic heterocycles. The van der Waals surface area contributed by atoms with E-state index in [2.05, 4.69) is 35.7 Å². The molecule has 5 atom stereocenters. The average Bonchev–Trinajstić information content (AvgIpc) is 3.26. The molecule has 2 fully saturated rings. The van der Waals surface area contributed by atoms with Gasteiger partial charge in [-0.15, -0.1) is 0 Å². The summed E-state index contributed by atoms with van der Waals surface area (Å²) in [6.45, 7) is 5.84. The Balaban J connectivity index is 1.48. The van der Waals surface area contributed by atoms with E-state index in [4.69, 9.17) is 0 Å². The minimum Gasteiger partial charge on any atom is -0.342 e. The number of allylic oxidation sites excluding steroid dienone is 3. The van der Waals surface area contributed by atoms with Crippen molar-refractivity contribution in [3.63, 3.8) is 0 Å². The van der Waals surface area contributed by atoms with E-state index in [-0.39, 0.29) is 16.7 Å². The molecule has 0 N–H and O–H groups in total. The summed E-state index contributed by atoms with van der Waals surface area (Å²) in [5.74, 6) is 2.41. The summed E-state index contributed by atoms with van der Waals surface area (Å²) in [5.41, 5.74) is 3.35. The monoisotopic (exact) mass is 365 g/mol. The molecule has 5 rings (SSSR count). The maximum atomic E-state index is 12.4. The number of aromatic nitrogens is 2. The Morgan fingerprint density at radius 1 is 1.15 bits per heavy atom. The molecule has 2 heterocycles. The van der Waals surface area contributed by atoms with Crippen molar-refractivity contribution in [1.82, 2.24) is 14.5 Å². The summed E-state index contributed by atoms with van der Waals surface area (Å²) in [4.78, 5) is 18.6. The Kier molecular flexibility index (Phi) is 3.73. The van der Waals surface area contributed by atoms with Gasteiger partial charge in [0.2, 0.25) is 5.91 Å². The van der Waals surface area contributed by atoms with Crippen LogP contribution in [-0.2, 0) is 4.79 Å². The summed E-state index contributed by atoms with van der Waals surface area (Å²) >= 11 is 0. The van der Waals surface area contributed by atoms with Crippen molar-refractivity contribution in [2.45, 2.75) is 52.4 Å². The predicted octanol–water partition coefficient (Wildman–Crippen LogP) is 4.37. The largest absolute Gasteiger partial charge is 0.342 e. The van der Waals surface area contributed by atoms with Crippen LogP contribution in [-0.4, -0.2) is 34.0 Å². The van der Waals surface area contributed by atoms with Crippen LogP contribution in [0.3, 0.4) is 0 Å². The number of carbonyl (C=O) groups excluding carboxylic acids is 1. The molecule has 1 amide bonds. The van der Waals surface area contributed by atoms with Crippen molar-refractivity contribution in [2.24, 2.45) is 28.6 Å². The molecule has 1 aromatic heterocycles. The van der Waals surface area contributed by atoms with Gasteiger partial charge >= 0.3 is 0 Å². The first-order valence-corrected chi connectivity index (χ1v) is 10.6. The van der Waals surface area contributed by atoms with Crippen molar-refractivity contribution in [3.8, 4) is 0 Å². The third-order valence-electron chi connectivity index (χ3n) is 8.70. The van der Waals surface area contributed by atoms with E-state index in [1.165, 1.54) is 37.0 Å². The number of hydrogen-bond acceptors (Lipinski definition) is 2. The predicted molar refractivity (Wildman–Crippen MR) is 107 cm³/mol. The lowest BCUT2D eigenvalue weighted by Crippen LogP contribution is -2.49. The van der Waals surface area contributed by atoms with Gasteiger partial charge in [-0.25, -0.2) is 4.98 Å². The highest BCUT2D eigenvalue weighted by molar-refractivity contribution is 5.88. The first-order valence-electron chi connectivity index (χ1n) is 10.6. The van der Waals surface area contributed by atoms with Gasteiger partial charge in [0.1, 0.15) is 0 Å². The zero-order valence-electron chi connectivity index (χ0n) is 16.8. The molecule has 4 nitrogen and oxygen atoms in total. The second-order valence-corrected chi connectivity index (χ2v) is 9.76. The van der Waals surface area contributed by atoms with Crippen LogP contribution in [0.25, 0.3) is 5.70 Å². The number of hydrogen-bond donors (Lipinski definition) is 0. The molecule has 4 heteroatoms. The van der Waals surface area contributed by atoms with E-state index in [9.17, 15) is 4.79 Å². The van der Waals surface area contributed by atoms with Gasteiger partial charge in [0, 0.05) is 43.2 Å². The molecule has 144 valence electrons. The van der Waals surface area contributed by atoms with Gasteiger partial charge in [-0.1, -0.05) is 25.5 Å². The molecular formula is C23H31N3O. The van der Waals surface area contributed by atoms with Crippen molar-refractivity contribution in [1.29, 1.82) is 0 Å². The van der Waals surface area contributed by atoms with Crippen LogP contribution in [0.2, 0.25) is 0 Å². The Morgan fingerprint density at radius 3 is 2.78 bits per heavy atom. The van der Waals surface area contributed by atoms with Crippen molar-refractivity contribution in [2.75, 3.05) is 13.6 Å². The van der Waals surface area contributed by atoms with Crippen LogP contribution in [0.15, 0.2) is 36.4 Å². The Labute approximate surface area is 162 Å². The standard InChI is InChI=1S/C23H31N3O/c1-22-10-12-25(3)21(27)14-16(22)4-5-17-18-6-7-20(26-13-11-24-15-26)23(18,2)9-8-19(17)22/h7,11,13-15,17-19H,4-6,8-10,12H2,1-3H3. The molecule has 0 saturated heterocycles. The molecule has 1 aromatic rings. The zero-order valence-corrected chi connectivity index (χ0v) is 16.8. The number of nitrogens with zero attached hydrogens (tertiary/aromatic N) is 3. The lowest BCUT2D eigenvalue weighted by atomic mass is 9.48. The minimum absolute atomic E-state index is 0.197. The maximum absolute atomic E-state index is 12.4. The van der Waals surface area contributed by atoms with Crippen LogP contribution < -0.4 is 0 Å². The van der Waals surface area contributed by atoms with E-state index in [0.717, 1.165) is 31.2 Å². The molecule has 3 aliphatic carbocycles. The lowest BCUT2D eigenvalue weighted by molar-refractivity contribution is -0.124. The number of carbonyl (C=O) groups is 1. The van der Waals surface area contributed by atoms with Crippen LogP contribution in [0, 0.1) is 28.6 Å². The highest BCUT2D eigenvalue weighted by Crippen LogP contribution is 2.65. The van der Waals surface area contributed by atoms with E-state index in [0.29, 0.717) is 5.92 Å². The Morgan fingerprint density at radius 2 is 2.00 bits per heavy atom. The number of imidazole rings is 1. The third-order valence-corrected chi connectivity index (χ3v) is 8.70. The molecular weight excluding hydrogens is 334 g/mol. The topological polar surface area (TPSA) is 38.1 Å². The summed E-state index contributed by atoms with van der Waals surface area (Å²) in [7, 11) is 1.95. The highest BCUT2D eigenvalue weighted by Gasteiger charge is 2.57. The molecule has 0 bridgehead atoms. The zero-order chi connectivity index (χ0) is 18.8. The number of rotatable bonds is 1. The quantitative estimate of drug-likeness (QED) is 0.741. The first-order chi connectivity index (χ1) is 12.9. The van der Waals surface area contributed by atoms with Gasteiger partial charge in [-0.2, -0.15) is 0 Å². The molecule has 27 heavy (non-hydrogen) atoms. The van der Waals surface area contributed by atoms with E-state index < -0.39 is 0 Å². The van der Waals surface area contributed by atoms with Gasteiger partial charge in [-0.05, 0) is 61.7 Å². The fraction of sp³-hybridized carbons (Fsp3) is 0.652. The summed E-state index contributed by atoms with van der Waals surface area (Å²) in [5, 5.41) is 0. The van der Waals surface area contributed by atoms with Gasteiger partial charge in [0.25, 0.3) is 0 Å². The number of amides is 1. The molecule has 0 aromatic carbocycles. The Bertz CT molecular complexity index is 823. The molecule has 5 unspecified atom stereocenters.